The van der Waals surface area contributed by atoms with E-state index in [9.17, 15) is 0 Å². The molecule has 1 aliphatic rings. The van der Waals surface area contributed by atoms with Gasteiger partial charge in [-0.3, -0.25) is 9.97 Å². The van der Waals surface area contributed by atoms with E-state index in [0.29, 0.717) is 11.4 Å². The molecule has 3 heterocycles. The number of nitrogens with zero attached hydrogens (tertiary/aromatic N) is 2. The van der Waals surface area contributed by atoms with Crippen molar-refractivity contribution >= 4 is 11.4 Å². The SMILES string of the molecule is N=C(/C=C\C(=N)c1ccc2c(c1)C(c1ccncc1)(c1ccncc1)c1ccccc1O2)c1ccccc1. The molecule has 5 aromatic rings. The molecule has 0 spiro atoms. The van der Waals surface area contributed by atoms with Crippen molar-refractivity contribution in [1.29, 1.82) is 10.8 Å². The summed E-state index contributed by atoms with van der Waals surface area (Å²) in [5.41, 5.74) is 5.53. The third-order valence-corrected chi connectivity index (χ3v) is 6.93. The third kappa shape index (κ3) is 3.91. The van der Waals surface area contributed by atoms with E-state index >= 15 is 0 Å². The average molecular weight is 493 g/mol. The molecular formula is C33H24N4O. The maximum absolute atomic E-state index is 8.84. The molecule has 0 aliphatic carbocycles. The first-order chi connectivity index (χ1) is 18.7. The van der Waals surface area contributed by atoms with Crippen LogP contribution in [0.1, 0.15) is 33.4 Å². The Balaban J connectivity index is 1.52. The van der Waals surface area contributed by atoms with Crippen LogP contribution in [0.25, 0.3) is 0 Å². The largest absolute Gasteiger partial charge is 0.457 e. The van der Waals surface area contributed by atoms with E-state index < -0.39 is 5.41 Å². The first-order valence-electron chi connectivity index (χ1n) is 12.3. The van der Waals surface area contributed by atoms with Crippen LogP contribution >= 0.6 is 0 Å². The van der Waals surface area contributed by atoms with E-state index in [0.717, 1.165) is 44.9 Å². The summed E-state index contributed by atoms with van der Waals surface area (Å²) in [7, 11) is 0. The number of pyridine rings is 2. The molecule has 6 rings (SSSR count). The lowest BCUT2D eigenvalue weighted by molar-refractivity contribution is 0.434. The molecule has 1 aliphatic heterocycles. The highest BCUT2D eigenvalue weighted by atomic mass is 16.5. The summed E-state index contributed by atoms with van der Waals surface area (Å²) in [6.45, 7) is 0. The van der Waals surface area contributed by atoms with Gasteiger partial charge in [-0.1, -0.05) is 48.5 Å². The first-order valence-corrected chi connectivity index (χ1v) is 12.3. The molecular weight excluding hydrogens is 468 g/mol. The first kappa shape index (κ1) is 23.3. The normalized spacial score (nSPS) is 13.3. The Kier molecular flexibility index (Phi) is 5.94. The molecule has 0 bridgehead atoms. The van der Waals surface area contributed by atoms with Crippen LogP contribution < -0.4 is 4.74 Å². The molecule has 2 aromatic heterocycles. The van der Waals surface area contributed by atoms with Gasteiger partial charge in [0.1, 0.15) is 11.5 Å². The number of hydrogen-bond donors (Lipinski definition) is 2. The lowest BCUT2D eigenvalue weighted by Crippen LogP contribution is -2.34. The minimum absolute atomic E-state index is 0.311. The number of ether oxygens (including phenoxy) is 1. The number of allylic oxidation sites excluding steroid dienone is 2. The molecule has 0 saturated heterocycles. The van der Waals surface area contributed by atoms with E-state index in [1.165, 1.54) is 0 Å². The number of rotatable bonds is 6. The monoisotopic (exact) mass is 492 g/mol. The van der Waals surface area contributed by atoms with Crippen LogP contribution in [0.3, 0.4) is 0 Å². The van der Waals surface area contributed by atoms with Gasteiger partial charge in [0.15, 0.2) is 0 Å². The second-order valence-electron chi connectivity index (χ2n) is 9.06. The maximum Gasteiger partial charge on any atom is 0.132 e. The third-order valence-electron chi connectivity index (χ3n) is 6.93. The van der Waals surface area contributed by atoms with Crippen molar-refractivity contribution in [2.75, 3.05) is 0 Å². The van der Waals surface area contributed by atoms with Crippen LogP contribution in [-0.4, -0.2) is 21.4 Å². The van der Waals surface area contributed by atoms with Crippen molar-refractivity contribution in [3.63, 3.8) is 0 Å². The van der Waals surface area contributed by atoms with Gasteiger partial charge >= 0.3 is 0 Å². The Morgan fingerprint density at radius 1 is 0.579 bits per heavy atom. The molecule has 0 saturated carbocycles. The predicted octanol–water partition coefficient (Wildman–Crippen LogP) is 6.96. The molecule has 5 heteroatoms. The fourth-order valence-electron chi connectivity index (χ4n) is 5.18. The quantitative estimate of drug-likeness (QED) is 0.247. The highest BCUT2D eigenvalue weighted by Gasteiger charge is 2.45. The maximum atomic E-state index is 8.84. The molecule has 5 nitrogen and oxygen atoms in total. The smallest absolute Gasteiger partial charge is 0.132 e. The highest BCUT2D eigenvalue weighted by molar-refractivity contribution is 6.14. The van der Waals surface area contributed by atoms with Crippen molar-refractivity contribution in [3.05, 3.63) is 167 Å². The van der Waals surface area contributed by atoms with E-state index in [4.69, 9.17) is 15.6 Å². The number of nitrogens with one attached hydrogen (secondary N) is 2. The van der Waals surface area contributed by atoms with Crippen LogP contribution in [-0.2, 0) is 5.41 Å². The van der Waals surface area contributed by atoms with Crippen molar-refractivity contribution in [1.82, 2.24) is 9.97 Å². The van der Waals surface area contributed by atoms with Gasteiger partial charge in [0.25, 0.3) is 0 Å². The molecule has 0 fully saturated rings. The number of para-hydroxylation sites is 1. The second kappa shape index (κ2) is 9.71. The minimum Gasteiger partial charge on any atom is -0.457 e. The Morgan fingerprint density at radius 2 is 1.13 bits per heavy atom. The number of aromatic nitrogens is 2. The van der Waals surface area contributed by atoms with Crippen molar-refractivity contribution < 1.29 is 4.74 Å². The molecule has 0 unspecified atom stereocenters. The molecule has 182 valence electrons. The Hall–Kier alpha value is -5.16. The van der Waals surface area contributed by atoms with Crippen LogP contribution in [0.5, 0.6) is 11.5 Å². The fourth-order valence-corrected chi connectivity index (χ4v) is 5.18. The van der Waals surface area contributed by atoms with Crippen molar-refractivity contribution in [3.8, 4) is 11.5 Å². The molecule has 0 atom stereocenters. The summed E-state index contributed by atoms with van der Waals surface area (Å²) in [6.07, 6.45) is 10.6. The van der Waals surface area contributed by atoms with Gasteiger partial charge in [-0.25, -0.2) is 0 Å². The Labute approximate surface area is 221 Å². The topological polar surface area (TPSA) is 82.7 Å². The Bertz CT molecular complexity index is 1620. The minimum atomic E-state index is -0.702. The summed E-state index contributed by atoms with van der Waals surface area (Å²) in [5, 5.41) is 17.2. The van der Waals surface area contributed by atoms with Crippen LogP contribution in [0, 0.1) is 10.8 Å². The van der Waals surface area contributed by atoms with E-state index in [-0.39, 0.29) is 0 Å². The zero-order chi connectivity index (χ0) is 26.0. The van der Waals surface area contributed by atoms with Gasteiger partial charge in [-0.05, 0) is 82.9 Å². The summed E-state index contributed by atoms with van der Waals surface area (Å²) >= 11 is 0. The van der Waals surface area contributed by atoms with Gasteiger partial charge < -0.3 is 15.6 Å². The fraction of sp³-hybridized carbons (Fsp3) is 0.0303. The zero-order valence-electron chi connectivity index (χ0n) is 20.5. The summed E-state index contributed by atoms with van der Waals surface area (Å²) in [6, 6.07) is 31.6. The van der Waals surface area contributed by atoms with E-state index in [2.05, 4.69) is 16.0 Å². The summed E-state index contributed by atoms with van der Waals surface area (Å²) < 4.78 is 6.41. The molecule has 38 heavy (non-hydrogen) atoms. The van der Waals surface area contributed by atoms with Crippen molar-refractivity contribution in [2.45, 2.75) is 5.41 Å². The van der Waals surface area contributed by atoms with Gasteiger partial charge in [0.2, 0.25) is 0 Å². The molecule has 0 radical (unpaired) electrons. The van der Waals surface area contributed by atoms with Gasteiger partial charge in [0.05, 0.1) is 16.8 Å². The molecule has 0 amide bonds. The van der Waals surface area contributed by atoms with Gasteiger partial charge in [-0.15, -0.1) is 0 Å². The average Bonchev–Trinajstić information content (AvgIpc) is 2.99. The molecule has 2 N–H and O–H groups in total. The van der Waals surface area contributed by atoms with Crippen LogP contribution in [0.15, 0.2) is 134 Å². The lowest BCUT2D eigenvalue weighted by atomic mass is 9.64. The van der Waals surface area contributed by atoms with Gasteiger partial charge in [0, 0.05) is 35.9 Å². The highest BCUT2D eigenvalue weighted by Crippen LogP contribution is 2.55. The second-order valence-corrected chi connectivity index (χ2v) is 9.06. The van der Waals surface area contributed by atoms with Crippen LogP contribution in [0.4, 0.5) is 0 Å². The van der Waals surface area contributed by atoms with Crippen molar-refractivity contribution in [2.24, 2.45) is 0 Å². The number of fused-ring (bicyclic) bond motifs is 2. The van der Waals surface area contributed by atoms with Gasteiger partial charge in [-0.2, -0.15) is 0 Å². The lowest BCUT2D eigenvalue weighted by Gasteiger charge is -2.41. The van der Waals surface area contributed by atoms with E-state index in [1.807, 2.05) is 91.0 Å². The summed E-state index contributed by atoms with van der Waals surface area (Å²) in [5.74, 6) is 1.52. The number of benzene rings is 3. The predicted molar refractivity (Wildman–Crippen MR) is 150 cm³/mol. The van der Waals surface area contributed by atoms with Crippen LogP contribution in [0.2, 0.25) is 0 Å². The zero-order valence-corrected chi connectivity index (χ0v) is 20.5. The van der Waals surface area contributed by atoms with E-state index in [1.54, 1.807) is 36.9 Å². The standard InChI is InChI=1S/C33H24N4O/c34-29(23-6-2-1-3-7-23)11-12-30(35)24-10-13-32-28(22-24)33(25-14-18-36-19-15-25,26-16-20-37-21-17-26)27-8-4-5-9-31(27)38-32/h1-22,34-35H/b12-11-,34-29?,35-30?. The Morgan fingerprint density at radius 3 is 1.79 bits per heavy atom. The number of hydrogen-bond acceptors (Lipinski definition) is 5. The summed E-state index contributed by atoms with van der Waals surface area (Å²) in [4.78, 5) is 8.56. The molecule has 3 aromatic carbocycles.